The molecule has 2 fully saturated rings. The maximum atomic E-state index is 12.5. The number of ether oxygens (including phenoxy) is 2. The first-order chi connectivity index (χ1) is 11.7. The Balaban J connectivity index is 1.41. The first-order valence-corrected chi connectivity index (χ1v) is 8.19. The first kappa shape index (κ1) is 15.1. The largest absolute Gasteiger partial charge is 0.482 e. The van der Waals surface area contributed by atoms with Gasteiger partial charge in [0.15, 0.2) is 5.75 Å². The number of carbonyl (C=O) groups excluding carboxylic acids is 1. The van der Waals surface area contributed by atoms with Crippen LogP contribution < -0.4 is 10.1 Å². The van der Waals surface area contributed by atoms with Gasteiger partial charge in [-0.1, -0.05) is 0 Å². The Labute approximate surface area is 140 Å². The van der Waals surface area contributed by atoms with Gasteiger partial charge in [-0.3, -0.25) is 14.5 Å². The summed E-state index contributed by atoms with van der Waals surface area (Å²) in [5.41, 5.74) is 1.65. The molecule has 1 aliphatic carbocycles. The van der Waals surface area contributed by atoms with E-state index >= 15 is 0 Å². The van der Waals surface area contributed by atoms with Crippen LogP contribution in [-0.2, 0) is 11.8 Å². The SMILES string of the molecule is Cn1cc(O[C@@H]2COC[C@@H]2NC(=O)c2ccnc(C3CC3)c2)cn1. The van der Waals surface area contributed by atoms with Crippen LogP contribution in [0.2, 0.25) is 0 Å². The predicted molar refractivity (Wildman–Crippen MR) is 85.9 cm³/mol. The first-order valence-electron chi connectivity index (χ1n) is 8.19. The van der Waals surface area contributed by atoms with E-state index in [1.165, 1.54) is 0 Å². The molecule has 4 rings (SSSR count). The Bertz CT molecular complexity index is 741. The van der Waals surface area contributed by atoms with Gasteiger partial charge in [-0.15, -0.1) is 0 Å². The molecule has 0 aromatic carbocycles. The number of hydrogen-bond donors (Lipinski definition) is 1. The van der Waals surface area contributed by atoms with Crippen molar-refractivity contribution < 1.29 is 14.3 Å². The molecule has 1 aliphatic heterocycles. The average Bonchev–Trinajstić information content (AvgIpc) is 3.24. The highest BCUT2D eigenvalue weighted by Crippen LogP contribution is 2.38. The Morgan fingerprint density at radius 1 is 1.42 bits per heavy atom. The number of rotatable bonds is 5. The normalized spacial score (nSPS) is 23.2. The van der Waals surface area contributed by atoms with Crippen molar-refractivity contribution in [1.82, 2.24) is 20.1 Å². The fourth-order valence-electron chi connectivity index (χ4n) is 2.86. The second-order valence-corrected chi connectivity index (χ2v) is 6.37. The molecule has 0 spiro atoms. The van der Waals surface area contributed by atoms with Gasteiger partial charge in [0.25, 0.3) is 5.91 Å². The molecule has 7 heteroatoms. The van der Waals surface area contributed by atoms with Crippen LogP contribution >= 0.6 is 0 Å². The van der Waals surface area contributed by atoms with Gasteiger partial charge in [0.05, 0.1) is 31.6 Å². The van der Waals surface area contributed by atoms with Crippen molar-refractivity contribution in [2.24, 2.45) is 7.05 Å². The molecular weight excluding hydrogens is 308 g/mol. The van der Waals surface area contributed by atoms with Gasteiger partial charge in [0, 0.05) is 30.4 Å². The van der Waals surface area contributed by atoms with Gasteiger partial charge >= 0.3 is 0 Å². The van der Waals surface area contributed by atoms with E-state index in [1.54, 1.807) is 29.3 Å². The molecule has 0 unspecified atom stereocenters. The fourth-order valence-corrected chi connectivity index (χ4v) is 2.86. The summed E-state index contributed by atoms with van der Waals surface area (Å²) in [5.74, 6) is 1.08. The number of nitrogens with zero attached hydrogens (tertiary/aromatic N) is 3. The van der Waals surface area contributed by atoms with Crippen LogP contribution in [0.15, 0.2) is 30.7 Å². The van der Waals surface area contributed by atoms with Gasteiger partial charge in [-0.2, -0.15) is 5.10 Å². The quantitative estimate of drug-likeness (QED) is 0.894. The standard InChI is InChI=1S/C17H20N4O3/c1-21-8-13(7-19-21)24-16-10-23-9-15(16)20-17(22)12-4-5-18-14(6-12)11-2-3-11/h4-8,11,15-16H,2-3,9-10H2,1H3,(H,20,22)/t15-,16+/m0/s1. The molecule has 7 nitrogen and oxygen atoms in total. The van der Waals surface area contributed by atoms with E-state index in [0.717, 1.165) is 18.5 Å². The number of amides is 1. The van der Waals surface area contributed by atoms with Crippen molar-refractivity contribution >= 4 is 5.91 Å². The summed E-state index contributed by atoms with van der Waals surface area (Å²) in [6.07, 6.45) is 7.26. The lowest BCUT2D eigenvalue weighted by Crippen LogP contribution is -2.45. The minimum absolute atomic E-state index is 0.116. The van der Waals surface area contributed by atoms with E-state index in [0.29, 0.717) is 30.4 Å². The zero-order valence-corrected chi connectivity index (χ0v) is 13.5. The van der Waals surface area contributed by atoms with Crippen LogP contribution in [0.1, 0.15) is 34.8 Å². The van der Waals surface area contributed by atoms with Crippen LogP contribution in [0.3, 0.4) is 0 Å². The minimum atomic E-state index is -0.220. The predicted octanol–water partition coefficient (Wildman–Crippen LogP) is 1.27. The molecule has 126 valence electrons. The number of pyridine rings is 1. The van der Waals surface area contributed by atoms with E-state index in [-0.39, 0.29) is 18.1 Å². The van der Waals surface area contributed by atoms with E-state index in [1.807, 2.05) is 13.1 Å². The summed E-state index contributed by atoms with van der Waals surface area (Å²) in [6.45, 7) is 0.890. The summed E-state index contributed by atoms with van der Waals surface area (Å²) in [6, 6.07) is 3.45. The third-order valence-electron chi connectivity index (χ3n) is 4.35. The number of carbonyl (C=O) groups is 1. The van der Waals surface area contributed by atoms with E-state index in [4.69, 9.17) is 9.47 Å². The Morgan fingerprint density at radius 2 is 2.29 bits per heavy atom. The van der Waals surface area contributed by atoms with Crippen LogP contribution in [0.25, 0.3) is 0 Å². The Kier molecular flexibility index (Phi) is 3.93. The summed E-state index contributed by atoms with van der Waals surface area (Å²) in [5, 5.41) is 7.10. The smallest absolute Gasteiger partial charge is 0.251 e. The van der Waals surface area contributed by atoms with E-state index < -0.39 is 0 Å². The molecule has 0 radical (unpaired) electrons. The molecule has 1 N–H and O–H groups in total. The van der Waals surface area contributed by atoms with Crippen LogP contribution in [0, 0.1) is 0 Å². The second kappa shape index (κ2) is 6.24. The maximum absolute atomic E-state index is 12.5. The second-order valence-electron chi connectivity index (χ2n) is 6.37. The number of aromatic nitrogens is 3. The van der Waals surface area contributed by atoms with Gasteiger partial charge < -0.3 is 14.8 Å². The van der Waals surface area contributed by atoms with Gasteiger partial charge in [0.1, 0.15) is 6.10 Å². The van der Waals surface area contributed by atoms with Crippen molar-refractivity contribution in [2.75, 3.05) is 13.2 Å². The molecule has 2 aromatic heterocycles. The number of nitrogens with one attached hydrogen (secondary N) is 1. The summed E-state index contributed by atoms with van der Waals surface area (Å²) in [7, 11) is 1.83. The van der Waals surface area contributed by atoms with E-state index in [2.05, 4.69) is 15.4 Å². The Morgan fingerprint density at radius 3 is 3.04 bits per heavy atom. The number of aryl methyl sites for hydroxylation is 1. The monoisotopic (exact) mass is 328 g/mol. The molecule has 2 aromatic rings. The lowest BCUT2D eigenvalue weighted by molar-refractivity contribution is 0.0904. The highest BCUT2D eigenvalue weighted by molar-refractivity contribution is 5.94. The molecule has 2 aliphatic rings. The molecule has 1 amide bonds. The zero-order valence-electron chi connectivity index (χ0n) is 13.5. The molecule has 2 atom stereocenters. The maximum Gasteiger partial charge on any atom is 0.251 e. The molecule has 3 heterocycles. The van der Waals surface area contributed by atoms with Crippen molar-refractivity contribution in [3.63, 3.8) is 0 Å². The van der Waals surface area contributed by atoms with Gasteiger partial charge in [0.2, 0.25) is 0 Å². The van der Waals surface area contributed by atoms with Crippen molar-refractivity contribution in [2.45, 2.75) is 30.9 Å². The highest BCUT2D eigenvalue weighted by Gasteiger charge is 2.32. The van der Waals surface area contributed by atoms with Crippen LogP contribution in [-0.4, -0.2) is 46.0 Å². The molecule has 24 heavy (non-hydrogen) atoms. The third kappa shape index (κ3) is 3.26. The average molecular weight is 328 g/mol. The van der Waals surface area contributed by atoms with E-state index in [9.17, 15) is 4.79 Å². The van der Waals surface area contributed by atoms with Crippen molar-refractivity contribution in [3.8, 4) is 5.75 Å². The Hall–Kier alpha value is -2.41. The topological polar surface area (TPSA) is 78.3 Å². The number of hydrogen-bond acceptors (Lipinski definition) is 5. The van der Waals surface area contributed by atoms with Gasteiger partial charge in [-0.05, 0) is 25.0 Å². The molecular formula is C17H20N4O3. The molecule has 0 bridgehead atoms. The molecule has 1 saturated carbocycles. The zero-order chi connectivity index (χ0) is 16.5. The lowest BCUT2D eigenvalue weighted by Gasteiger charge is -2.19. The summed E-state index contributed by atoms with van der Waals surface area (Å²) >= 11 is 0. The van der Waals surface area contributed by atoms with Crippen LogP contribution in [0.5, 0.6) is 5.75 Å². The van der Waals surface area contributed by atoms with Crippen molar-refractivity contribution in [1.29, 1.82) is 0 Å². The lowest BCUT2D eigenvalue weighted by atomic mass is 10.1. The van der Waals surface area contributed by atoms with Crippen molar-refractivity contribution in [3.05, 3.63) is 42.0 Å². The van der Waals surface area contributed by atoms with Crippen LogP contribution in [0.4, 0.5) is 0 Å². The molecule has 1 saturated heterocycles. The third-order valence-corrected chi connectivity index (χ3v) is 4.35. The summed E-state index contributed by atoms with van der Waals surface area (Å²) in [4.78, 5) is 16.9. The van der Waals surface area contributed by atoms with Gasteiger partial charge in [-0.25, -0.2) is 0 Å². The summed E-state index contributed by atoms with van der Waals surface area (Å²) < 4.78 is 13.0. The highest BCUT2D eigenvalue weighted by atomic mass is 16.5. The minimum Gasteiger partial charge on any atom is -0.482 e. The fraction of sp³-hybridized carbons (Fsp3) is 0.471.